The predicted octanol–water partition coefficient (Wildman–Crippen LogP) is 1.96. The van der Waals surface area contributed by atoms with Crippen molar-refractivity contribution in [3.63, 3.8) is 0 Å². The molecule has 1 aromatic carbocycles. The van der Waals surface area contributed by atoms with E-state index in [1.807, 2.05) is 53.9 Å². The van der Waals surface area contributed by atoms with Crippen molar-refractivity contribution in [1.29, 1.82) is 0 Å². The summed E-state index contributed by atoms with van der Waals surface area (Å²) in [5, 5.41) is 3.36. The Balaban J connectivity index is 0.00000225. The van der Waals surface area contributed by atoms with Crippen molar-refractivity contribution in [3.05, 3.63) is 48.0 Å². The lowest BCUT2D eigenvalue weighted by Gasteiger charge is -2.35. The lowest BCUT2D eigenvalue weighted by molar-refractivity contribution is -0.134. The largest absolute Gasteiger partial charge is 0.494 e. The van der Waals surface area contributed by atoms with Crippen LogP contribution in [0.3, 0.4) is 0 Å². The summed E-state index contributed by atoms with van der Waals surface area (Å²) < 4.78 is 7.43. The summed E-state index contributed by atoms with van der Waals surface area (Å²) in [6.45, 7) is 4.85. The third-order valence-corrected chi connectivity index (χ3v) is 4.31. The average molecular weight is 365 g/mol. The molecule has 1 amide bonds. The number of nitrogens with one attached hydrogen (secondary N) is 1. The van der Waals surface area contributed by atoms with Gasteiger partial charge in [-0.25, -0.2) is 4.98 Å². The molecular weight excluding hydrogens is 340 g/mol. The quantitative estimate of drug-likeness (QED) is 0.881. The zero-order valence-electron chi connectivity index (χ0n) is 14.6. The second kappa shape index (κ2) is 8.87. The van der Waals surface area contributed by atoms with Crippen molar-refractivity contribution in [2.24, 2.45) is 7.05 Å². The molecule has 136 valence electrons. The summed E-state index contributed by atoms with van der Waals surface area (Å²) in [4.78, 5) is 19.2. The number of hydrogen-bond acceptors (Lipinski definition) is 4. The fourth-order valence-corrected chi connectivity index (χ4v) is 3.08. The predicted molar refractivity (Wildman–Crippen MR) is 99.1 cm³/mol. The normalized spacial score (nSPS) is 17.0. The number of carbonyl (C=O) groups excluding carboxylic acids is 1. The Morgan fingerprint density at radius 2 is 2.12 bits per heavy atom. The zero-order valence-corrected chi connectivity index (χ0v) is 15.5. The molecule has 1 saturated heterocycles. The number of aryl methyl sites for hydroxylation is 1. The molecule has 1 aliphatic heterocycles. The number of imidazole rings is 1. The Bertz CT molecular complexity index is 687. The lowest BCUT2D eigenvalue weighted by atomic mass is 10.1. The summed E-state index contributed by atoms with van der Waals surface area (Å²) in [7, 11) is 1.96. The minimum Gasteiger partial charge on any atom is -0.494 e. The molecule has 0 aliphatic carbocycles. The number of ether oxygens (including phenoxy) is 1. The Kier molecular flexibility index (Phi) is 6.84. The molecule has 1 aromatic heterocycles. The third kappa shape index (κ3) is 4.52. The van der Waals surface area contributed by atoms with Crippen LogP contribution in [0.25, 0.3) is 0 Å². The highest BCUT2D eigenvalue weighted by molar-refractivity contribution is 5.85. The Morgan fingerprint density at radius 3 is 2.76 bits per heavy atom. The van der Waals surface area contributed by atoms with Gasteiger partial charge in [-0.2, -0.15) is 0 Å². The van der Waals surface area contributed by atoms with Crippen LogP contribution in [-0.4, -0.2) is 46.6 Å². The minimum atomic E-state index is -0.0195. The molecule has 25 heavy (non-hydrogen) atoms. The van der Waals surface area contributed by atoms with E-state index in [0.717, 1.165) is 30.2 Å². The Labute approximate surface area is 154 Å². The number of rotatable bonds is 5. The van der Waals surface area contributed by atoms with Crippen LogP contribution in [-0.2, 0) is 18.3 Å². The molecule has 7 heteroatoms. The first kappa shape index (κ1) is 19.3. The maximum absolute atomic E-state index is 12.8. The summed E-state index contributed by atoms with van der Waals surface area (Å²) >= 11 is 0. The first-order valence-corrected chi connectivity index (χ1v) is 8.38. The highest BCUT2D eigenvalue weighted by Crippen LogP contribution is 2.22. The number of benzene rings is 1. The molecule has 1 aliphatic rings. The average Bonchev–Trinajstić information content (AvgIpc) is 3.03. The number of halogens is 1. The van der Waals surface area contributed by atoms with Crippen LogP contribution in [0, 0.1) is 0 Å². The van der Waals surface area contributed by atoms with Gasteiger partial charge in [0.2, 0.25) is 5.91 Å². The van der Waals surface area contributed by atoms with Crippen molar-refractivity contribution in [3.8, 4) is 5.75 Å². The highest BCUT2D eigenvalue weighted by atomic mass is 35.5. The lowest BCUT2D eigenvalue weighted by Crippen LogP contribution is -2.49. The third-order valence-electron chi connectivity index (χ3n) is 4.31. The topological polar surface area (TPSA) is 59.4 Å². The van der Waals surface area contributed by atoms with Gasteiger partial charge in [0.05, 0.1) is 13.0 Å². The first-order valence-electron chi connectivity index (χ1n) is 8.38. The number of piperazine rings is 1. The molecule has 0 radical (unpaired) electrons. The number of aromatic nitrogens is 2. The van der Waals surface area contributed by atoms with E-state index in [-0.39, 0.29) is 24.4 Å². The van der Waals surface area contributed by atoms with Crippen molar-refractivity contribution < 1.29 is 9.53 Å². The smallest absolute Gasteiger partial charge is 0.227 e. The van der Waals surface area contributed by atoms with Gasteiger partial charge in [-0.3, -0.25) is 4.79 Å². The standard InChI is InChI=1S/C18H24N4O2.ClH/c1-3-24-15-6-4-14(5-7-15)12-17(23)22-11-8-19-13-16(22)18-20-9-10-21(18)2;/h4-7,9-10,16,19H,3,8,11-13H2,1-2H3;1H. The molecule has 2 aromatic rings. The van der Waals surface area contributed by atoms with E-state index in [4.69, 9.17) is 4.74 Å². The van der Waals surface area contributed by atoms with E-state index in [9.17, 15) is 4.79 Å². The van der Waals surface area contributed by atoms with Crippen LogP contribution in [0.2, 0.25) is 0 Å². The van der Waals surface area contributed by atoms with Crippen LogP contribution in [0.15, 0.2) is 36.7 Å². The SMILES string of the molecule is CCOc1ccc(CC(=O)N2CCNCC2c2nccn2C)cc1.Cl. The van der Waals surface area contributed by atoms with Gasteiger partial charge in [0.25, 0.3) is 0 Å². The molecule has 0 saturated carbocycles. The second-order valence-corrected chi connectivity index (χ2v) is 5.96. The number of hydrogen-bond donors (Lipinski definition) is 1. The van der Waals surface area contributed by atoms with Crippen molar-refractivity contribution >= 4 is 18.3 Å². The van der Waals surface area contributed by atoms with Crippen LogP contribution in [0.5, 0.6) is 5.75 Å². The summed E-state index contributed by atoms with van der Waals surface area (Å²) in [5.41, 5.74) is 1.00. The van der Waals surface area contributed by atoms with E-state index >= 15 is 0 Å². The van der Waals surface area contributed by atoms with Gasteiger partial charge in [0.1, 0.15) is 17.6 Å². The number of amides is 1. The molecule has 1 unspecified atom stereocenters. The van der Waals surface area contributed by atoms with Gasteiger partial charge >= 0.3 is 0 Å². The monoisotopic (exact) mass is 364 g/mol. The fraction of sp³-hybridized carbons (Fsp3) is 0.444. The van der Waals surface area contributed by atoms with Crippen LogP contribution in [0.4, 0.5) is 0 Å². The van der Waals surface area contributed by atoms with Gasteiger partial charge in [-0.1, -0.05) is 12.1 Å². The molecule has 0 spiro atoms. The van der Waals surface area contributed by atoms with Gasteiger partial charge in [-0.05, 0) is 24.6 Å². The summed E-state index contributed by atoms with van der Waals surface area (Å²) in [6, 6.07) is 7.73. The summed E-state index contributed by atoms with van der Waals surface area (Å²) in [5.74, 6) is 1.89. The summed E-state index contributed by atoms with van der Waals surface area (Å²) in [6.07, 6.45) is 4.09. The molecule has 6 nitrogen and oxygen atoms in total. The number of carbonyl (C=O) groups is 1. The number of nitrogens with zero attached hydrogens (tertiary/aromatic N) is 3. The van der Waals surface area contributed by atoms with E-state index < -0.39 is 0 Å². The van der Waals surface area contributed by atoms with E-state index in [1.165, 1.54) is 0 Å². The molecule has 1 N–H and O–H groups in total. The van der Waals surface area contributed by atoms with Crippen LogP contribution >= 0.6 is 12.4 Å². The second-order valence-electron chi connectivity index (χ2n) is 5.96. The van der Waals surface area contributed by atoms with E-state index in [2.05, 4.69) is 10.3 Å². The molecule has 1 fully saturated rings. The van der Waals surface area contributed by atoms with E-state index in [1.54, 1.807) is 6.20 Å². The molecular formula is C18H25ClN4O2. The molecule has 2 heterocycles. The molecule has 3 rings (SSSR count). The zero-order chi connectivity index (χ0) is 16.9. The van der Waals surface area contributed by atoms with Gasteiger partial charge in [0.15, 0.2) is 0 Å². The highest BCUT2D eigenvalue weighted by Gasteiger charge is 2.30. The van der Waals surface area contributed by atoms with Crippen LogP contribution in [0.1, 0.15) is 24.4 Å². The fourth-order valence-electron chi connectivity index (χ4n) is 3.08. The van der Waals surface area contributed by atoms with Crippen LogP contribution < -0.4 is 10.1 Å². The van der Waals surface area contributed by atoms with Gasteiger partial charge < -0.3 is 19.5 Å². The van der Waals surface area contributed by atoms with E-state index in [0.29, 0.717) is 19.6 Å². The van der Waals surface area contributed by atoms with Gasteiger partial charge in [-0.15, -0.1) is 12.4 Å². The van der Waals surface area contributed by atoms with Gasteiger partial charge in [0, 0.05) is 39.1 Å². The molecule has 0 bridgehead atoms. The first-order chi connectivity index (χ1) is 11.7. The maximum atomic E-state index is 12.8. The van der Waals surface area contributed by atoms with Crippen molar-refractivity contribution in [1.82, 2.24) is 19.8 Å². The Hall–Kier alpha value is -2.05. The van der Waals surface area contributed by atoms with Crippen molar-refractivity contribution in [2.45, 2.75) is 19.4 Å². The Morgan fingerprint density at radius 1 is 1.36 bits per heavy atom. The molecule has 1 atom stereocenters. The van der Waals surface area contributed by atoms with Crippen molar-refractivity contribution in [2.75, 3.05) is 26.2 Å². The minimum absolute atomic E-state index is 0. The maximum Gasteiger partial charge on any atom is 0.227 e.